The van der Waals surface area contributed by atoms with Crippen molar-refractivity contribution in [2.75, 3.05) is 0 Å². The third kappa shape index (κ3) is 1.84. The Morgan fingerprint density at radius 2 is 2.23 bits per heavy atom. The summed E-state index contributed by atoms with van der Waals surface area (Å²) in [4.78, 5) is 3.73. The molecule has 0 unspecified atom stereocenters. The summed E-state index contributed by atoms with van der Waals surface area (Å²) in [6.45, 7) is 0.149. The van der Waals surface area contributed by atoms with Gasteiger partial charge in [0.05, 0.1) is 11.6 Å². The van der Waals surface area contributed by atoms with E-state index in [9.17, 15) is 0 Å². The average Bonchev–Trinajstić information content (AvgIpc) is 2.16. The van der Waals surface area contributed by atoms with E-state index in [2.05, 4.69) is 4.98 Å². The molecule has 0 saturated carbocycles. The number of aromatic nitrogens is 1. The predicted molar refractivity (Wildman–Crippen MR) is 46.7 cm³/mol. The van der Waals surface area contributed by atoms with Crippen LogP contribution in [0.15, 0.2) is 12.4 Å². The zero-order chi connectivity index (χ0) is 9.84. The quantitative estimate of drug-likeness (QED) is 0.457. The highest BCUT2D eigenvalue weighted by molar-refractivity contribution is 6.59. The van der Waals surface area contributed by atoms with Crippen LogP contribution in [0.1, 0.15) is 11.1 Å². The normalized spacial score (nSPS) is 9.38. The van der Waals surface area contributed by atoms with Crippen LogP contribution in [0.3, 0.4) is 0 Å². The van der Waals surface area contributed by atoms with Crippen molar-refractivity contribution < 1.29 is 10.0 Å². The second-order valence-electron chi connectivity index (χ2n) is 2.45. The van der Waals surface area contributed by atoms with E-state index >= 15 is 0 Å². The average molecular weight is 177 g/mol. The maximum atomic E-state index is 8.88. The third-order valence-corrected chi connectivity index (χ3v) is 1.66. The Kier molecular flexibility index (Phi) is 2.98. The van der Waals surface area contributed by atoms with Crippen molar-refractivity contribution in [2.45, 2.75) is 6.54 Å². The molecular formula is C7H8BN3O2. The zero-order valence-corrected chi connectivity index (χ0v) is 6.81. The van der Waals surface area contributed by atoms with Gasteiger partial charge < -0.3 is 15.8 Å². The Bertz CT molecular complexity index is 348. The Morgan fingerprint density at radius 1 is 1.54 bits per heavy atom. The molecule has 4 N–H and O–H groups in total. The summed E-state index contributed by atoms with van der Waals surface area (Å²) in [6.07, 6.45) is 2.67. The van der Waals surface area contributed by atoms with Crippen molar-refractivity contribution >= 4 is 12.6 Å². The lowest BCUT2D eigenvalue weighted by atomic mass is 9.77. The lowest BCUT2D eigenvalue weighted by Gasteiger charge is -2.05. The van der Waals surface area contributed by atoms with Gasteiger partial charge in [-0.25, -0.2) is 0 Å². The van der Waals surface area contributed by atoms with Crippen LogP contribution in [0, 0.1) is 11.3 Å². The number of nitrogens with zero attached hydrogens (tertiary/aromatic N) is 2. The molecule has 1 heterocycles. The highest BCUT2D eigenvalue weighted by Crippen LogP contribution is 2.02. The molecule has 0 aliphatic heterocycles. The topological polar surface area (TPSA) is 103 Å². The molecule has 0 amide bonds. The fourth-order valence-corrected chi connectivity index (χ4v) is 1.01. The first kappa shape index (κ1) is 9.67. The highest BCUT2D eigenvalue weighted by Gasteiger charge is 2.18. The van der Waals surface area contributed by atoms with Crippen LogP contribution in [-0.2, 0) is 6.54 Å². The van der Waals surface area contributed by atoms with Gasteiger partial charge in [-0.1, -0.05) is 0 Å². The van der Waals surface area contributed by atoms with Gasteiger partial charge in [0.2, 0.25) is 0 Å². The molecule has 5 nitrogen and oxygen atoms in total. The SMILES string of the molecule is N#Cc1c(CN)cncc1B(O)O. The van der Waals surface area contributed by atoms with E-state index in [0.29, 0.717) is 5.56 Å². The van der Waals surface area contributed by atoms with Gasteiger partial charge in [-0.3, -0.25) is 4.98 Å². The van der Waals surface area contributed by atoms with Gasteiger partial charge in [0.25, 0.3) is 0 Å². The van der Waals surface area contributed by atoms with Crippen molar-refractivity contribution in [1.29, 1.82) is 5.26 Å². The Hall–Kier alpha value is -1.42. The van der Waals surface area contributed by atoms with Gasteiger partial charge in [0.15, 0.2) is 0 Å². The molecule has 0 aliphatic carbocycles. The van der Waals surface area contributed by atoms with Gasteiger partial charge in [-0.2, -0.15) is 5.26 Å². The smallest absolute Gasteiger partial charge is 0.423 e. The summed E-state index contributed by atoms with van der Waals surface area (Å²) in [5, 5.41) is 26.5. The minimum Gasteiger partial charge on any atom is -0.423 e. The number of hydrogen-bond donors (Lipinski definition) is 3. The van der Waals surface area contributed by atoms with Crippen molar-refractivity contribution in [3.05, 3.63) is 23.5 Å². The van der Waals surface area contributed by atoms with E-state index in [0.717, 1.165) is 0 Å². The van der Waals surface area contributed by atoms with Gasteiger partial charge >= 0.3 is 7.12 Å². The van der Waals surface area contributed by atoms with E-state index in [1.807, 2.05) is 6.07 Å². The molecule has 1 aromatic heterocycles. The first-order chi connectivity index (χ1) is 6.20. The lowest BCUT2D eigenvalue weighted by molar-refractivity contribution is 0.425. The van der Waals surface area contributed by atoms with Crippen molar-refractivity contribution in [3.63, 3.8) is 0 Å². The maximum Gasteiger partial charge on any atom is 0.491 e. The second kappa shape index (κ2) is 4.00. The van der Waals surface area contributed by atoms with E-state index < -0.39 is 7.12 Å². The van der Waals surface area contributed by atoms with E-state index in [4.69, 9.17) is 21.0 Å². The molecule has 13 heavy (non-hydrogen) atoms. The molecule has 0 fully saturated rings. The number of hydrogen-bond acceptors (Lipinski definition) is 5. The summed E-state index contributed by atoms with van der Waals surface area (Å²) in [6, 6.07) is 1.86. The van der Waals surface area contributed by atoms with Crippen molar-refractivity contribution in [2.24, 2.45) is 5.73 Å². The number of nitrogens with two attached hydrogens (primary N) is 1. The lowest BCUT2D eigenvalue weighted by Crippen LogP contribution is -2.33. The molecular weight excluding hydrogens is 169 g/mol. The number of nitriles is 1. The molecule has 0 atom stereocenters. The highest BCUT2D eigenvalue weighted by atomic mass is 16.4. The largest absolute Gasteiger partial charge is 0.491 e. The standard InChI is InChI=1S/C7H8BN3O2/c9-1-5-3-11-4-7(8(12)13)6(5)2-10/h3-4,12-13H,1,9H2. The molecule has 0 aromatic carbocycles. The van der Waals surface area contributed by atoms with E-state index in [1.54, 1.807) is 0 Å². The molecule has 0 bridgehead atoms. The van der Waals surface area contributed by atoms with Gasteiger partial charge in [0.1, 0.15) is 0 Å². The summed E-state index contributed by atoms with van der Waals surface area (Å²) >= 11 is 0. The molecule has 0 saturated heterocycles. The Morgan fingerprint density at radius 3 is 2.69 bits per heavy atom. The third-order valence-electron chi connectivity index (χ3n) is 1.66. The van der Waals surface area contributed by atoms with Crippen LogP contribution >= 0.6 is 0 Å². The monoisotopic (exact) mass is 177 g/mol. The van der Waals surface area contributed by atoms with Gasteiger partial charge in [-0.05, 0) is 0 Å². The van der Waals surface area contributed by atoms with E-state index in [1.165, 1.54) is 12.4 Å². The molecule has 66 valence electrons. The van der Waals surface area contributed by atoms with Gasteiger partial charge in [-0.15, -0.1) is 0 Å². The van der Waals surface area contributed by atoms with Crippen LogP contribution in [0.4, 0.5) is 0 Å². The molecule has 0 radical (unpaired) electrons. The van der Waals surface area contributed by atoms with Crippen molar-refractivity contribution in [1.82, 2.24) is 4.98 Å². The summed E-state index contributed by atoms with van der Waals surface area (Å²) in [7, 11) is -1.69. The minimum atomic E-state index is -1.69. The van der Waals surface area contributed by atoms with Gasteiger partial charge in [0, 0.05) is 30.0 Å². The van der Waals surface area contributed by atoms with Crippen LogP contribution in [-0.4, -0.2) is 22.2 Å². The van der Waals surface area contributed by atoms with Crippen molar-refractivity contribution in [3.8, 4) is 6.07 Å². The Balaban J connectivity index is 3.29. The second-order valence-corrected chi connectivity index (χ2v) is 2.45. The molecule has 6 heteroatoms. The maximum absolute atomic E-state index is 8.88. The van der Waals surface area contributed by atoms with Crippen LogP contribution in [0.5, 0.6) is 0 Å². The van der Waals surface area contributed by atoms with Crippen LogP contribution < -0.4 is 11.2 Å². The molecule has 0 spiro atoms. The minimum absolute atomic E-state index is 0.0884. The number of rotatable bonds is 2. The Labute approximate surface area is 75.6 Å². The summed E-state index contributed by atoms with van der Waals surface area (Å²) in [5.74, 6) is 0. The fraction of sp³-hybridized carbons (Fsp3) is 0.143. The number of pyridine rings is 1. The summed E-state index contributed by atoms with van der Waals surface area (Å²) in [5.41, 5.74) is 6.12. The van der Waals surface area contributed by atoms with Crippen LogP contribution in [0.25, 0.3) is 0 Å². The molecule has 1 rings (SSSR count). The first-order valence-corrected chi connectivity index (χ1v) is 3.63. The summed E-state index contributed by atoms with van der Waals surface area (Å²) < 4.78 is 0. The zero-order valence-electron chi connectivity index (χ0n) is 6.81. The predicted octanol–water partition coefficient (Wildman–Crippen LogP) is -1.91. The van der Waals surface area contributed by atoms with E-state index in [-0.39, 0.29) is 17.6 Å². The fourth-order valence-electron chi connectivity index (χ4n) is 1.01. The molecule has 1 aromatic rings. The molecule has 0 aliphatic rings. The first-order valence-electron chi connectivity index (χ1n) is 3.63. The van der Waals surface area contributed by atoms with Crippen LogP contribution in [0.2, 0.25) is 0 Å².